The van der Waals surface area contributed by atoms with Crippen LogP contribution in [0.25, 0.3) is 11.4 Å². The van der Waals surface area contributed by atoms with Gasteiger partial charge in [-0.05, 0) is 49.2 Å². The molecule has 2 heterocycles. The molecule has 0 aliphatic heterocycles. The van der Waals surface area contributed by atoms with Crippen LogP contribution in [0.2, 0.25) is 0 Å². The lowest BCUT2D eigenvalue weighted by Gasteiger charge is -2.10. The van der Waals surface area contributed by atoms with Crippen molar-refractivity contribution < 1.29 is 5.21 Å². The monoisotopic (exact) mass is 269 g/mol. The Bertz CT molecular complexity index is 648. The maximum atomic E-state index is 9.18. The number of nitrogens with zero attached hydrogens (tertiary/aromatic N) is 3. The summed E-state index contributed by atoms with van der Waals surface area (Å²) in [5.74, 6) is 0.104. The van der Waals surface area contributed by atoms with Gasteiger partial charge in [0.05, 0.1) is 17.1 Å². The second-order valence-corrected chi connectivity index (χ2v) is 5.27. The smallest absolute Gasteiger partial charge is 0.108 e. The van der Waals surface area contributed by atoms with Gasteiger partial charge in [-0.1, -0.05) is 19.0 Å². The largest absolute Gasteiger partial charge is 0.411 e. The van der Waals surface area contributed by atoms with Crippen molar-refractivity contribution in [1.29, 1.82) is 0 Å². The van der Waals surface area contributed by atoms with Crippen molar-refractivity contribution in [2.24, 2.45) is 11.1 Å². The molecule has 0 aliphatic carbocycles. The lowest BCUT2D eigenvalue weighted by Crippen LogP contribution is -2.12. The Morgan fingerprint density at radius 1 is 1.10 bits per heavy atom. The Hall–Kier alpha value is -2.23. The number of hydrogen-bond acceptors (Lipinski definition) is 4. The molecule has 4 nitrogen and oxygen atoms in total. The molecule has 2 aromatic rings. The van der Waals surface area contributed by atoms with E-state index in [-0.39, 0.29) is 5.92 Å². The third kappa shape index (κ3) is 3.02. The van der Waals surface area contributed by atoms with Gasteiger partial charge in [-0.25, -0.2) is 4.98 Å². The number of hydrogen-bond donors (Lipinski definition) is 1. The molecular formula is C16H19N3O. The van der Waals surface area contributed by atoms with Gasteiger partial charge in [-0.2, -0.15) is 0 Å². The predicted octanol–water partition coefficient (Wildman–Crippen LogP) is 3.59. The zero-order valence-electron chi connectivity index (χ0n) is 12.3. The van der Waals surface area contributed by atoms with Crippen molar-refractivity contribution in [3.8, 4) is 11.4 Å². The summed E-state index contributed by atoms with van der Waals surface area (Å²) in [5, 5.41) is 12.6. The minimum Gasteiger partial charge on any atom is -0.411 e. The second kappa shape index (κ2) is 5.82. The molecule has 1 N–H and O–H groups in total. The van der Waals surface area contributed by atoms with Crippen LogP contribution >= 0.6 is 0 Å². The van der Waals surface area contributed by atoms with Gasteiger partial charge in [0.25, 0.3) is 0 Å². The van der Waals surface area contributed by atoms with Crippen molar-refractivity contribution >= 4 is 5.71 Å². The van der Waals surface area contributed by atoms with E-state index in [2.05, 4.69) is 15.1 Å². The first-order valence-electron chi connectivity index (χ1n) is 6.65. The molecule has 0 amide bonds. The first-order chi connectivity index (χ1) is 9.51. The van der Waals surface area contributed by atoms with E-state index in [0.29, 0.717) is 11.4 Å². The highest BCUT2D eigenvalue weighted by Gasteiger charge is 2.13. The summed E-state index contributed by atoms with van der Waals surface area (Å²) in [5.41, 5.74) is 5.11. The average Bonchev–Trinajstić information content (AvgIpc) is 2.38. The third-order valence-corrected chi connectivity index (χ3v) is 3.06. The Morgan fingerprint density at radius 3 is 2.40 bits per heavy atom. The minimum absolute atomic E-state index is 0.104. The standard InChI is InChI=1S/C16H19N3O/c1-10(2)16(19-20)15-9-12(4)8-14(18-15)13-7-11(3)5-6-17-13/h5-10,20H,1-4H3/b19-16-. The highest BCUT2D eigenvalue weighted by atomic mass is 16.4. The normalized spacial score (nSPS) is 11.9. The zero-order valence-corrected chi connectivity index (χ0v) is 12.3. The fraction of sp³-hybridized carbons (Fsp3) is 0.312. The molecule has 2 rings (SSSR count). The number of rotatable bonds is 3. The maximum Gasteiger partial charge on any atom is 0.108 e. The molecule has 0 unspecified atom stereocenters. The summed E-state index contributed by atoms with van der Waals surface area (Å²) >= 11 is 0. The van der Waals surface area contributed by atoms with E-state index in [4.69, 9.17) is 0 Å². The summed E-state index contributed by atoms with van der Waals surface area (Å²) in [6.07, 6.45) is 1.78. The van der Waals surface area contributed by atoms with Crippen molar-refractivity contribution in [3.05, 3.63) is 47.3 Å². The molecule has 2 aromatic heterocycles. The van der Waals surface area contributed by atoms with Gasteiger partial charge in [0.1, 0.15) is 5.71 Å². The van der Waals surface area contributed by atoms with Crippen molar-refractivity contribution in [2.45, 2.75) is 27.7 Å². The summed E-state index contributed by atoms with van der Waals surface area (Å²) < 4.78 is 0. The van der Waals surface area contributed by atoms with Gasteiger partial charge < -0.3 is 5.21 Å². The molecule has 0 fully saturated rings. The second-order valence-electron chi connectivity index (χ2n) is 5.27. The highest BCUT2D eigenvalue weighted by Crippen LogP contribution is 2.19. The van der Waals surface area contributed by atoms with Crippen LogP contribution in [0.1, 0.15) is 30.7 Å². The van der Waals surface area contributed by atoms with Crippen LogP contribution in [0.15, 0.2) is 35.6 Å². The van der Waals surface area contributed by atoms with Crippen LogP contribution in [-0.4, -0.2) is 20.9 Å². The molecule has 0 atom stereocenters. The third-order valence-electron chi connectivity index (χ3n) is 3.06. The topological polar surface area (TPSA) is 58.4 Å². The van der Waals surface area contributed by atoms with Crippen LogP contribution in [0.3, 0.4) is 0 Å². The van der Waals surface area contributed by atoms with Gasteiger partial charge in [0, 0.05) is 12.1 Å². The summed E-state index contributed by atoms with van der Waals surface area (Å²) in [6.45, 7) is 7.98. The van der Waals surface area contributed by atoms with Crippen LogP contribution in [0.5, 0.6) is 0 Å². The molecule has 0 spiro atoms. The first-order valence-corrected chi connectivity index (χ1v) is 6.65. The summed E-state index contributed by atoms with van der Waals surface area (Å²) in [4.78, 5) is 8.94. The quantitative estimate of drug-likeness (QED) is 0.526. The number of pyridine rings is 2. The summed E-state index contributed by atoms with van der Waals surface area (Å²) in [7, 11) is 0. The minimum atomic E-state index is 0.104. The highest BCUT2D eigenvalue weighted by molar-refractivity contribution is 6.00. The van der Waals surface area contributed by atoms with E-state index < -0.39 is 0 Å². The molecule has 104 valence electrons. The molecule has 0 saturated carbocycles. The molecule has 4 heteroatoms. The molecule has 0 aliphatic rings. The molecule has 0 bridgehead atoms. The van der Waals surface area contributed by atoms with E-state index >= 15 is 0 Å². The molecule has 0 saturated heterocycles. The predicted molar refractivity (Wildman–Crippen MR) is 80.1 cm³/mol. The first kappa shape index (κ1) is 14.2. The Balaban J connectivity index is 2.54. The van der Waals surface area contributed by atoms with E-state index in [0.717, 1.165) is 22.5 Å². The number of aromatic nitrogens is 2. The van der Waals surface area contributed by atoms with Crippen molar-refractivity contribution in [3.63, 3.8) is 0 Å². The van der Waals surface area contributed by atoms with Gasteiger partial charge >= 0.3 is 0 Å². The van der Waals surface area contributed by atoms with Gasteiger partial charge in [-0.3, -0.25) is 4.98 Å². The van der Waals surface area contributed by atoms with E-state index in [1.54, 1.807) is 6.20 Å². The van der Waals surface area contributed by atoms with Crippen LogP contribution in [-0.2, 0) is 0 Å². The lowest BCUT2D eigenvalue weighted by molar-refractivity contribution is 0.316. The average molecular weight is 269 g/mol. The van der Waals surface area contributed by atoms with Gasteiger partial charge in [-0.15, -0.1) is 0 Å². The molecule has 20 heavy (non-hydrogen) atoms. The lowest BCUT2D eigenvalue weighted by atomic mass is 10.0. The van der Waals surface area contributed by atoms with Gasteiger partial charge in [0.15, 0.2) is 0 Å². The number of oxime groups is 1. The fourth-order valence-electron chi connectivity index (χ4n) is 2.07. The Morgan fingerprint density at radius 2 is 1.80 bits per heavy atom. The molecular weight excluding hydrogens is 250 g/mol. The molecule has 0 radical (unpaired) electrons. The van der Waals surface area contributed by atoms with E-state index in [9.17, 15) is 5.21 Å². The fourth-order valence-corrected chi connectivity index (χ4v) is 2.07. The van der Waals surface area contributed by atoms with Crippen LogP contribution in [0, 0.1) is 19.8 Å². The Kier molecular flexibility index (Phi) is 4.13. The maximum absolute atomic E-state index is 9.18. The molecule has 0 aromatic carbocycles. The Labute approximate surface area is 119 Å². The SMILES string of the molecule is Cc1ccnc(-c2cc(C)cc(/C(=N\O)C(C)C)n2)c1. The van der Waals surface area contributed by atoms with Crippen molar-refractivity contribution in [1.82, 2.24) is 9.97 Å². The van der Waals surface area contributed by atoms with Crippen LogP contribution in [0.4, 0.5) is 0 Å². The van der Waals surface area contributed by atoms with Crippen LogP contribution < -0.4 is 0 Å². The zero-order chi connectivity index (χ0) is 14.7. The number of aryl methyl sites for hydroxylation is 2. The summed E-state index contributed by atoms with van der Waals surface area (Å²) in [6, 6.07) is 7.86. The van der Waals surface area contributed by atoms with E-state index in [1.807, 2.05) is 52.0 Å². The van der Waals surface area contributed by atoms with Gasteiger partial charge in [0.2, 0.25) is 0 Å². The van der Waals surface area contributed by atoms with E-state index in [1.165, 1.54) is 0 Å². The van der Waals surface area contributed by atoms with Crippen molar-refractivity contribution in [2.75, 3.05) is 0 Å².